The van der Waals surface area contributed by atoms with Gasteiger partial charge >= 0.3 is 5.69 Å². The molecule has 8 heteroatoms. The summed E-state index contributed by atoms with van der Waals surface area (Å²) in [5.41, 5.74) is 0.983. The van der Waals surface area contributed by atoms with Crippen molar-refractivity contribution in [2.24, 2.45) is 0 Å². The Bertz CT molecular complexity index is 455. The molecule has 0 aliphatic rings. The van der Waals surface area contributed by atoms with E-state index in [0.717, 1.165) is 6.54 Å². The Hall–Kier alpha value is -1.80. The summed E-state index contributed by atoms with van der Waals surface area (Å²) in [5.74, 6) is -2.08. The molecule has 19 heavy (non-hydrogen) atoms. The van der Waals surface area contributed by atoms with Crippen molar-refractivity contribution in [3.8, 4) is 0 Å². The summed E-state index contributed by atoms with van der Waals surface area (Å²) in [6, 6.07) is 1.19. The zero-order valence-electron chi connectivity index (χ0n) is 10.7. The van der Waals surface area contributed by atoms with Crippen LogP contribution in [0.5, 0.6) is 0 Å². The maximum Gasteiger partial charge on any atom is 0.300 e. The van der Waals surface area contributed by atoms with Crippen LogP contribution in [0, 0.1) is 21.7 Å². The second-order valence-corrected chi connectivity index (χ2v) is 4.15. The van der Waals surface area contributed by atoms with Gasteiger partial charge in [-0.05, 0) is 27.1 Å². The maximum atomic E-state index is 13.4. The highest BCUT2D eigenvalue weighted by molar-refractivity contribution is 5.61. The molecule has 0 bridgehead atoms. The van der Waals surface area contributed by atoms with E-state index in [2.05, 4.69) is 5.48 Å². The van der Waals surface area contributed by atoms with E-state index in [1.807, 2.05) is 19.0 Å². The van der Waals surface area contributed by atoms with Crippen LogP contribution in [0.1, 0.15) is 6.42 Å². The minimum absolute atomic E-state index is 0.242. The van der Waals surface area contributed by atoms with Crippen LogP contribution in [-0.2, 0) is 4.84 Å². The number of hydrogen-bond acceptors (Lipinski definition) is 5. The number of anilines is 1. The smallest absolute Gasteiger partial charge is 0.300 e. The zero-order chi connectivity index (χ0) is 14.4. The van der Waals surface area contributed by atoms with Crippen molar-refractivity contribution >= 4 is 11.4 Å². The third-order valence-electron chi connectivity index (χ3n) is 2.26. The molecule has 0 aromatic heterocycles. The predicted octanol–water partition coefficient (Wildman–Crippen LogP) is 2.17. The molecule has 0 heterocycles. The van der Waals surface area contributed by atoms with Crippen molar-refractivity contribution in [3.63, 3.8) is 0 Å². The molecular weight excluding hydrogens is 260 g/mol. The van der Waals surface area contributed by atoms with E-state index in [4.69, 9.17) is 4.84 Å². The van der Waals surface area contributed by atoms with E-state index in [1.54, 1.807) is 0 Å². The Kier molecular flexibility index (Phi) is 5.58. The summed E-state index contributed by atoms with van der Waals surface area (Å²) >= 11 is 0. The molecule has 1 N–H and O–H groups in total. The molecule has 0 radical (unpaired) electrons. The maximum absolute atomic E-state index is 13.4. The molecule has 106 valence electrons. The monoisotopic (exact) mass is 275 g/mol. The fraction of sp³-hybridized carbons (Fsp3) is 0.455. The lowest BCUT2D eigenvalue weighted by atomic mass is 10.2. The van der Waals surface area contributed by atoms with Crippen molar-refractivity contribution in [1.29, 1.82) is 0 Å². The number of rotatable bonds is 7. The second-order valence-electron chi connectivity index (χ2n) is 4.15. The van der Waals surface area contributed by atoms with Gasteiger partial charge in [-0.1, -0.05) is 0 Å². The van der Waals surface area contributed by atoms with Crippen molar-refractivity contribution in [1.82, 2.24) is 4.90 Å². The topological polar surface area (TPSA) is 67.6 Å². The largest absolute Gasteiger partial charge is 0.309 e. The van der Waals surface area contributed by atoms with Gasteiger partial charge in [0.1, 0.15) is 5.82 Å². The lowest BCUT2D eigenvalue weighted by molar-refractivity contribution is -0.384. The van der Waals surface area contributed by atoms with E-state index in [-0.39, 0.29) is 6.61 Å². The average molecular weight is 275 g/mol. The Morgan fingerprint density at radius 1 is 1.42 bits per heavy atom. The van der Waals surface area contributed by atoms with Crippen molar-refractivity contribution in [2.45, 2.75) is 6.42 Å². The summed E-state index contributed by atoms with van der Waals surface area (Å²) in [6.07, 6.45) is 0.663. The Balaban J connectivity index is 2.64. The van der Waals surface area contributed by atoms with Gasteiger partial charge in [0.15, 0.2) is 11.5 Å². The molecule has 0 saturated heterocycles. The van der Waals surface area contributed by atoms with Gasteiger partial charge in [0.05, 0.1) is 17.6 Å². The quantitative estimate of drug-likeness (QED) is 0.469. The number of hydrogen-bond donors (Lipinski definition) is 1. The summed E-state index contributed by atoms with van der Waals surface area (Å²) in [6.45, 7) is 1.00. The normalized spacial score (nSPS) is 10.8. The van der Waals surface area contributed by atoms with Crippen molar-refractivity contribution in [3.05, 3.63) is 33.9 Å². The van der Waals surface area contributed by atoms with E-state index in [0.29, 0.717) is 18.6 Å². The molecule has 0 spiro atoms. The van der Waals surface area contributed by atoms with E-state index in [9.17, 15) is 18.9 Å². The average Bonchev–Trinajstić information content (AvgIpc) is 2.29. The first-order valence-corrected chi connectivity index (χ1v) is 5.57. The summed E-state index contributed by atoms with van der Waals surface area (Å²) in [5, 5.41) is 10.7. The lowest BCUT2D eigenvalue weighted by Gasteiger charge is -2.11. The van der Waals surface area contributed by atoms with Gasteiger partial charge in [0.2, 0.25) is 0 Å². The third kappa shape index (κ3) is 4.76. The highest BCUT2D eigenvalue weighted by Crippen LogP contribution is 2.28. The molecule has 0 aliphatic heterocycles. The SMILES string of the molecule is CN(C)CCCONc1c(F)cc(F)cc1[N+](=O)[O-]. The number of nitrogens with one attached hydrogen (secondary N) is 1. The predicted molar refractivity (Wildman–Crippen MR) is 65.8 cm³/mol. The van der Waals surface area contributed by atoms with Crippen molar-refractivity contribution < 1.29 is 18.5 Å². The highest BCUT2D eigenvalue weighted by atomic mass is 19.1. The Morgan fingerprint density at radius 2 is 2.11 bits per heavy atom. The van der Waals surface area contributed by atoms with Crippen molar-refractivity contribution in [2.75, 3.05) is 32.7 Å². The molecule has 6 nitrogen and oxygen atoms in total. The first-order chi connectivity index (χ1) is 8.91. The first-order valence-electron chi connectivity index (χ1n) is 5.57. The van der Waals surface area contributed by atoms with Crippen LogP contribution >= 0.6 is 0 Å². The molecule has 0 amide bonds. The van der Waals surface area contributed by atoms with E-state index >= 15 is 0 Å². The summed E-state index contributed by atoms with van der Waals surface area (Å²) < 4.78 is 26.3. The van der Waals surface area contributed by atoms with E-state index < -0.39 is 27.9 Å². The van der Waals surface area contributed by atoms with Crippen LogP contribution in [0.4, 0.5) is 20.2 Å². The molecule has 0 aliphatic carbocycles. The summed E-state index contributed by atoms with van der Waals surface area (Å²) in [4.78, 5) is 16.7. The summed E-state index contributed by atoms with van der Waals surface area (Å²) in [7, 11) is 3.77. The van der Waals surface area contributed by atoms with Gasteiger partial charge < -0.3 is 4.90 Å². The number of nitro benzene ring substituents is 1. The minimum atomic E-state index is -1.07. The van der Waals surface area contributed by atoms with Crippen LogP contribution in [0.3, 0.4) is 0 Å². The molecule has 0 atom stereocenters. The second kappa shape index (κ2) is 6.95. The molecule has 1 rings (SSSR count). The zero-order valence-corrected chi connectivity index (χ0v) is 10.7. The molecular formula is C11H15F2N3O3. The number of nitrogens with zero attached hydrogens (tertiary/aromatic N) is 2. The fourth-order valence-corrected chi connectivity index (χ4v) is 1.38. The Morgan fingerprint density at radius 3 is 2.68 bits per heavy atom. The molecule has 1 aromatic rings. The molecule has 1 aromatic carbocycles. The van der Waals surface area contributed by atoms with Crippen LogP contribution in [-0.4, -0.2) is 37.1 Å². The van der Waals surface area contributed by atoms with Gasteiger partial charge in [0.25, 0.3) is 0 Å². The molecule has 0 saturated carbocycles. The fourth-order valence-electron chi connectivity index (χ4n) is 1.38. The van der Waals surface area contributed by atoms with Gasteiger partial charge in [-0.25, -0.2) is 8.78 Å². The lowest BCUT2D eigenvalue weighted by Crippen LogP contribution is -2.16. The van der Waals surface area contributed by atoms with Gasteiger partial charge in [-0.15, -0.1) is 0 Å². The van der Waals surface area contributed by atoms with Crippen LogP contribution in [0.2, 0.25) is 0 Å². The van der Waals surface area contributed by atoms with Crippen LogP contribution in [0.25, 0.3) is 0 Å². The minimum Gasteiger partial charge on any atom is -0.309 e. The standard InChI is InChI=1S/C11H15F2N3O3/c1-15(2)4-3-5-19-14-11-9(13)6-8(12)7-10(11)16(17)18/h6-7,14H,3-5H2,1-2H3. The highest BCUT2D eigenvalue weighted by Gasteiger charge is 2.20. The first kappa shape index (κ1) is 15.3. The third-order valence-corrected chi connectivity index (χ3v) is 2.26. The van der Waals surface area contributed by atoms with Crippen LogP contribution < -0.4 is 5.48 Å². The molecule has 0 fully saturated rings. The Labute approximate surface area is 109 Å². The van der Waals surface area contributed by atoms with Gasteiger partial charge in [-0.3, -0.25) is 20.4 Å². The molecule has 0 unspecified atom stereocenters. The van der Waals surface area contributed by atoms with Gasteiger partial charge in [0, 0.05) is 6.07 Å². The van der Waals surface area contributed by atoms with Gasteiger partial charge in [-0.2, -0.15) is 0 Å². The number of halogens is 2. The number of nitro groups is 1. The van der Waals surface area contributed by atoms with E-state index in [1.165, 1.54) is 0 Å². The van der Waals surface area contributed by atoms with Crippen LogP contribution in [0.15, 0.2) is 12.1 Å². The number of benzene rings is 1.